The number of ether oxygens (including phenoxy) is 2. The summed E-state index contributed by atoms with van der Waals surface area (Å²) in [6.45, 7) is 3.66. The van der Waals surface area contributed by atoms with Gasteiger partial charge in [0.2, 0.25) is 5.91 Å². The van der Waals surface area contributed by atoms with Crippen molar-refractivity contribution < 1.29 is 44.9 Å². The van der Waals surface area contributed by atoms with Crippen LogP contribution in [-0.4, -0.2) is 98.7 Å². The molecule has 424 valence electrons. The Morgan fingerprint density at radius 1 is 0.437 bits per heavy atom. The minimum absolute atomic E-state index is 0.249. The molecule has 1 heterocycles. The quantitative estimate of drug-likeness (QED) is 0.0293. The number of nitrogens with one attached hydrogen (secondary N) is 1. The molecule has 0 aromatic heterocycles. The fourth-order valence-electron chi connectivity index (χ4n) is 10.6. The first-order valence-electron chi connectivity index (χ1n) is 31.3. The van der Waals surface area contributed by atoms with Crippen molar-refractivity contribution in [2.75, 3.05) is 13.2 Å². The molecular formula is C61H121NO9. The highest BCUT2D eigenvalue weighted by Crippen LogP contribution is 2.24. The molecule has 10 heteroatoms. The van der Waals surface area contributed by atoms with E-state index in [2.05, 4.69) is 19.2 Å². The molecule has 0 spiro atoms. The van der Waals surface area contributed by atoms with Gasteiger partial charge in [-0.05, 0) is 12.8 Å². The van der Waals surface area contributed by atoms with Crippen LogP contribution in [0, 0.1) is 0 Å². The highest BCUT2D eigenvalue weighted by molar-refractivity contribution is 5.76. The Labute approximate surface area is 438 Å². The molecule has 1 amide bonds. The lowest BCUT2D eigenvalue weighted by Gasteiger charge is -2.40. The van der Waals surface area contributed by atoms with Crippen LogP contribution in [0.1, 0.15) is 322 Å². The number of aliphatic hydroxyl groups excluding tert-OH is 6. The van der Waals surface area contributed by atoms with Crippen molar-refractivity contribution >= 4 is 5.91 Å². The molecule has 7 N–H and O–H groups in total. The van der Waals surface area contributed by atoms with Crippen molar-refractivity contribution in [3.05, 3.63) is 0 Å². The van der Waals surface area contributed by atoms with Crippen LogP contribution in [0.3, 0.4) is 0 Å². The maximum atomic E-state index is 13.1. The summed E-state index contributed by atoms with van der Waals surface area (Å²) in [5, 5.41) is 65.6. The standard InChI is InChI=1S/C61H121NO9/c1-3-5-7-9-11-13-15-17-19-20-21-22-23-24-25-26-27-28-29-30-31-32-33-34-35-36-38-40-42-44-46-48-50-56(65)62-53(52-70-61-60(69)59(68)58(67)55(51-63)71-61)57(66)54(64)49-47-45-43-41-39-37-18-16-14-12-10-8-6-4-2/h53-55,57-61,63-64,66-69H,3-52H2,1-2H3,(H,62,65)/t53-,54+,55+,57-,58+,59?,60?,61+/m0/s1. The fraction of sp³-hybridized carbons (Fsp3) is 0.984. The number of hydrogen-bond acceptors (Lipinski definition) is 9. The van der Waals surface area contributed by atoms with Gasteiger partial charge in [0.25, 0.3) is 0 Å². The first kappa shape index (κ1) is 68.2. The summed E-state index contributed by atoms with van der Waals surface area (Å²) < 4.78 is 11.2. The number of amides is 1. The molecular weight excluding hydrogens is 891 g/mol. The highest BCUT2D eigenvalue weighted by atomic mass is 16.7. The van der Waals surface area contributed by atoms with E-state index in [9.17, 15) is 35.4 Å². The van der Waals surface area contributed by atoms with Gasteiger partial charge in [-0.3, -0.25) is 4.79 Å². The minimum Gasteiger partial charge on any atom is -0.394 e. The molecule has 1 fully saturated rings. The van der Waals surface area contributed by atoms with Crippen LogP contribution in [-0.2, 0) is 14.3 Å². The van der Waals surface area contributed by atoms with Crippen molar-refractivity contribution in [1.82, 2.24) is 5.32 Å². The fourth-order valence-corrected chi connectivity index (χ4v) is 10.6. The zero-order valence-electron chi connectivity index (χ0n) is 46.9. The predicted octanol–water partition coefficient (Wildman–Crippen LogP) is 14.8. The summed E-state index contributed by atoms with van der Waals surface area (Å²) in [6.07, 6.45) is 51.5. The van der Waals surface area contributed by atoms with E-state index in [1.807, 2.05) is 0 Å². The molecule has 71 heavy (non-hydrogen) atoms. The van der Waals surface area contributed by atoms with Crippen LogP contribution in [0.15, 0.2) is 0 Å². The predicted molar refractivity (Wildman–Crippen MR) is 297 cm³/mol. The van der Waals surface area contributed by atoms with Gasteiger partial charge in [0.05, 0.1) is 25.4 Å². The summed E-state index contributed by atoms with van der Waals surface area (Å²) in [5.74, 6) is -0.249. The second kappa shape index (κ2) is 51.3. The van der Waals surface area contributed by atoms with E-state index in [1.54, 1.807) is 0 Å². The molecule has 10 nitrogen and oxygen atoms in total. The topological polar surface area (TPSA) is 169 Å². The van der Waals surface area contributed by atoms with Crippen molar-refractivity contribution in [3.63, 3.8) is 0 Å². The van der Waals surface area contributed by atoms with E-state index in [-0.39, 0.29) is 18.9 Å². The Bertz CT molecular complexity index is 1100. The van der Waals surface area contributed by atoms with E-state index >= 15 is 0 Å². The molecule has 8 atom stereocenters. The van der Waals surface area contributed by atoms with Crippen LogP contribution < -0.4 is 5.32 Å². The molecule has 1 rings (SSSR count). The first-order chi connectivity index (χ1) is 34.8. The number of carbonyl (C=O) groups excluding carboxylic acids is 1. The molecule has 2 unspecified atom stereocenters. The third-order valence-electron chi connectivity index (χ3n) is 15.6. The smallest absolute Gasteiger partial charge is 0.220 e. The third-order valence-corrected chi connectivity index (χ3v) is 15.6. The number of carbonyl (C=O) groups is 1. The molecule has 1 saturated heterocycles. The summed E-state index contributed by atoms with van der Waals surface area (Å²) in [7, 11) is 0. The summed E-state index contributed by atoms with van der Waals surface area (Å²) in [4.78, 5) is 13.1. The number of hydrogen-bond donors (Lipinski definition) is 7. The van der Waals surface area contributed by atoms with Crippen molar-refractivity contribution in [3.8, 4) is 0 Å². The van der Waals surface area contributed by atoms with Gasteiger partial charge in [-0.25, -0.2) is 0 Å². The molecule has 0 radical (unpaired) electrons. The van der Waals surface area contributed by atoms with Gasteiger partial charge in [-0.15, -0.1) is 0 Å². The molecule has 0 bridgehead atoms. The van der Waals surface area contributed by atoms with Crippen molar-refractivity contribution in [2.24, 2.45) is 0 Å². The SMILES string of the molecule is CCCCCCCCCCCCCCCCCCCCCCCCCCCCCCCCCCC(=O)N[C@@H](CO[C@@H]1O[C@H](CO)[C@@H](O)C(O)C1O)[C@H](O)[C@H](O)CCCCCCCCCCCCCCCC. The van der Waals surface area contributed by atoms with Crippen LogP contribution >= 0.6 is 0 Å². The number of unbranched alkanes of at least 4 members (excludes halogenated alkanes) is 44. The average molecular weight is 1010 g/mol. The van der Waals surface area contributed by atoms with Gasteiger partial charge >= 0.3 is 0 Å². The molecule has 0 aliphatic carbocycles. The summed E-state index contributed by atoms with van der Waals surface area (Å²) in [5.41, 5.74) is 0. The molecule has 0 aromatic rings. The van der Waals surface area contributed by atoms with Gasteiger partial charge in [-0.1, -0.05) is 303 Å². The van der Waals surface area contributed by atoms with Crippen molar-refractivity contribution in [1.29, 1.82) is 0 Å². The summed E-state index contributed by atoms with van der Waals surface area (Å²) >= 11 is 0. The van der Waals surface area contributed by atoms with Crippen LogP contribution in [0.5, 0.6) is 0 Å². The van der Waals surface area contributed by atoms with Gasteiger partial charge in [0.15, 0.2) is 6.29 Å². The normalized spacial score (nSPS) is 19.6. The van der Waals surface area contributed by atoms with Gasteiger partial charge < -0.3 is 45.4 Å². The lowest BCUT2D eigenvalue weighted by molar-refractivity contribution is -0.303. The van der Waals surface area contributed by atoms with E-state index in [0.717, 1.165) is 38.5 Å². The average Bonchev–Trinajstić information content (AvgIpc) is 3.37. The molecule has 1 aliphatic rings. The largest absolute Gasteiger partial charge is 0.394 e. The second-order valence-electron chi connectivity index (χ2n) is 22.4. The maximum Gasteiger partial charge on any atom is 0.220 e. The zero-order valence-corrected chi connectivity index (χ0v) is 46.9. The Morgan fingerprint density at radius 2 is 0.732 bits per heavy atom. The van der Waals surface area contributed by atoms with E-state index < -0.39 is 55.6 Å². The van der Waals surface area contributed by atoms with Crippen LogP contribution in [0.4, 0.5) is 0 Å². The highest BCUT2D eigenvalue weighted by Gasteiger charge is 2.44. The van der Waals surface area contributed by atoms with Gasteiger partial charge in [0.1, 0.15) is 30.5 Å². The molecule has 1 aliphatic heterocycles. The Morgan fingerprint density at radius 3 is 1.04 bits per heavy atom. The molecule has 0 aromatic carbocycles. The van der Waals surface area contributed by atoms with Crippen LogP contribution in [0.2, 0.25) is 0 Å². The van der Waals surface area contributed by atoms with E-state index in [4.69, 9.17) is 9.47 Å². The lowest BCUT2D eigenvalue weighted by atomic mass is 9.98. The Hall–Kier alpha value is -0.850. The van der Waals surface area contributed by atoms with Crippen LogP contribution in [0.25, 0.3) is 0 Å². The van der Waals surface area contributed by atoms with Gasteiger partial charge in [0, 0.05) is 6.42 Å². The lowest BCUT2D eigenvalue weighted by Crippen LogP contribution is -2.60. The summed E-state index contributed by atoms with van der Waals surface area (Å²) in [6, 6.07) is -0.986. The van der Waals surface area contributed by atoms with E-state index in [1.165, 1.54) is 257 Å². The Kier molecular flexibility index (Phi) is 49.2. The molecule has 0 saturated carbocycles. The van der Waals surface area contributed by atoms with Gasteiger partial charge in [-0.2, -0.15) is 0 Å². The first-order valence-corrected chi connectivity index (χ1v) is 31.3. The number of aliphatic hydroxyl groups is 6. The maximum absolute atomic E-state index is 13.1. The van der Waals surface area contributed by atoms with E-state index in [0.29, 0.717) is 6.42 Å². The second-order valence-corrected chi connectivity index (χ2v) is 22.4. The number of rotatable bonds is 55. The zero-order chi connectivity index (χ0) is 51.7. The monoisotopic (exact) mass is 1010 g/mol. The third kappa shape index (κ3) is 40.1. The van der Waals surface area contributed by atoms with Crippen molar-refractivity contribution in [2.45, 2.75) is 371 Å². The Balaban J connectivity index is 2.12. The minimum atomic E-state index is -1.60.